The van der Waals surface area contributed by atoms with Crippen LogP contribution in [0.3, 0.4) is 0 Å². The number of esters is 1. The Labute approximate surface area is 361 Å². The maximum absolute atomic E-state index is 15.0. The third-order valence-electron chi connectivity index (χ3n) is 14.0. The minimum absolute atomic E-state index is 0.00962. The zero-order valence-electron chi connectivity index (χ0n) is 36.2. The number of fused-ring (bicyclic) bond motifs is 3. The van der Waals surface area contributed by atoms with Crippen molar-refractivity contribution in [1.29, 1.82) is 0 Å². The van der Waals surface area contributed by atoms with Crippen LogP contribution in [0.4, 0.5) is 18.9 Å². The van der Waals surface area contributed by atoms with Gasteiger partial charge in [-0.05, 0) is 76.2 Å². The van der Waals surface area contributed by atoms with E-state index in [0.717, 1.165) is 24.9 Å². The molecule has 17 heteroatoms. The molecule has 0 unspecified atom stereocenters. The van der Waals surface area contributed by atoms with E-state index in [1.165, 1.54) is 4.90 Å². The number of rotatable bonds is 11. The zero-order valence-corrected chi connectivity index (χ0v) is 37.0. The highest BCUT2D eigenvalue weighted by atomic mass is 32.2. The second kappa shape index (κ2) is 17.4. The average molecular weight is 889 g/mol. The molecule has 2 aliphatic carbocycles. The quantitative estimate of drug-likeness (QED) is 0.198. The molecule has 0 spiro atoms. The summed E-state index contributed by atoms with van der Waals surface area (Å²) in [5, 5.41) is 1.60. The van der Waals surface area contributed by atoms with Crippen molar-refractivity contribution in [2.24, 2.45) is 29.1 Å². The van der Waals surface area contributed by atoms with E-state index in [2.05, 4.69) is 9.62 Å². The number of allylic oxidation sites excluding steroid dienone is 2. The monoisotopic (exact) mass is 888 g/mol. The molecule has 2 aromatic rings. The van der Waals surface area contributed by atoms with Crippen molar-refractivity contribution in [3.63, 3.8) is 0 Å². The van der Waals surface area contributed by atoms with Crippen LogP contribution in [0.25, 0.3) is 10.8 Å². The van der Waals surface area contributed by atoms with Crippen LogP contribution in [-0.2, 0) is 38.7 Å². The van der Waals surface area contributed by atoms with Crippen LogP contribution in [-0.4, -0.2) is 110 Å². The Morgan fingerprint density at radius 1 is 1.05 bits per heavy atom. The number of amides is 2. The fraction of sp³-hybridized carbons (Fsp3) is 0.667. The number of carbonyl (C=O) groups excluding carboxylic acids is 4. The molecule has 62 heavy (non-hydrogen) atoms. The highest BCUT2D eigenvalue weighted by molar-refractivity contribution is 7.91. The van der Waals surface area contributed by atoms with E-state index < -0.39 is 105 Å². The number of Topliss-reactive ketones (excluding diaryl/α,β-unsaturated/α-hetero) is 1. The predicted octanol–water partition coefficient (Wildman–Crippen LogP) is 6.33. The summed E-state index contributed by atoms with van der Waals surface area (Å²) in [6, 6.07) is 6.45. The number of sulfonamides is 1. The van der Waals surface area contributed by atoms with Crippen LogP contribution < -0.4 is 14.4 Å². The molecule has 13 nitrogen and oxygen atoms in total. The molecule has 3 aliphatic heterocycles. The molecule has 4 heterocycles. The summed E-state index contributed by atoms with van der Waals surface area (Å²) < 4.78 is 87.4. The summed E-state index contributed by atoms with van der Waals surface area (Å²) in [7, 11) is -4.40. The lowest BCUT2D eigenvalue weighted by Crippen LogP contribution is -2.49. The Morgan fingerprint density at radius 3 is 2.40 bits per heavy atom. The number of ketones is 1. The number of alkyl halides is 3. The number of halogens is 3. The van der Waals surface area contributed by atoms with Gasteiger partial charge in [-0.1, -0.05) is 44.2 Å². The van der Waals surface area contributed by atoms with Gasteiger partial charge in [-0.3, -0.25) is 23.9 Å². The summed E-state index contributed by atoms with van der Waals surface area (Å²) in [4.78, 5) is 65.6. The van der Waals surface area contributed by atoms with E-state index in [9.17, 15) is 36.0 Å². The van der Waals surface area contributed by atoms with Crippen LogP contribution in [0.15, 0.2) is 42.6 Å². The van der Waals surface area contributed by atoms with E-state index in [-0.39, 0.29) is 44.0 Å². The molecule has 2 saturated carbocycles. The van der Waals surface area contributed by atoms with Gasteiger partial charge in [0.25, 0.3) is 5.92 Å². The van der Waals surface area contributed by atoms with E-state index in [0.29, 0.717) is 57.9 Å². The smallest absolute Gasteiger partial charge is 0.307 e. The first kappa shape index (κ1) is 45.8. The number of carbonyl (C=O) groups is 4. The largest absolute Gasteiger partial charge is 0.472 e. The normalized spacial score (nSPS) is 30.1. The number of pyridine rings is 1. The van der Waals surface area contributed by atoms with Crippen molar-refractivity contribution in [3.05, 3.63) is 42.6 Å². The fourth-order valence-corrected chi connectivity index (χ4v) is 10.7. The summed E-state index contributed by atoms with van der Waals surface area (Å²) in [5.41, 5.74) is -2.73. The summed E-state index contributed by atoms with van der Waals surface area (Å²) in [6.45, 7) is 7.96. The lowest BCUT2D eigenvalue weighted by atomic mass is 9.82. The number of benzene rings is 1. The summed E-state index contributed by atoms with van der Waals surface area (Å²) in [5.74, 6) is -8.00. The van der Waals surface area contributed by atoms with E-state index in [1.807, 2.05) is 50.3 Å². The van der Waals surface area contributed by atoms with E-state index >= 15 is 4.79 Å². The molecule has 5 aliphatic rings. The van der Waals surface area contributed by atoms with Crippen molar-refractivity contribution in [2.45, 2.75) is 121 Å². The summed E-state index contributed by atoms with van der Waals surface area (Å²) in [6.07, 6.45) is 5.82. The first-order valence-corrected chi connectivity index (χ1v) is 23.3. The zero-order chi connectivity index (χ0) is 44.8. The van der Waals surface area contributed by atoms with Gasteiger partial charge in [0, 0.05) is 43.6 Å². The van der Waals surface area contributed by atoms with Gasteiger partial charge in [0.1, 0.15) is 17.5 Å². The van der Waals surface area contributed by atoms with Crippen molar-refractivity contribution < 1.29 is 55.0 Å². The van der Waals surface area contributed by atoms with Crippen molar-refractivity contribution in [3.8, 4) is 5.88 Å². The van der Waals surface area contributed by atoms with Gasteiger partial charge in [-0.2, -0.15) is 0 Å². The molecule has 7 atom stereocenters. The van der Waals surface area contributed by atoms with Gasteiger partial charge in [-0.15, -0.1) is 0 Å². The Morgan fingerprint density at radius 2 is 1.74 bits per heavy atom. The average Bonchev–Trinajstić information content (AvgIpc) is 4.12. The first-order valence-electron chi connectivity index (χ1n) is 21.8. The van der Waals surface area contributed by atoms with E-state index in [1.54, 1.807) is 6.20 Å². The van der Waals surface area contributed by atoms with Crippen LogP contribution >= 0.6 is 0 Å². The van der Waals surface area contributed by atoms with Crippen LogP contribution in [0, 0.1) is 29.1 Å². The number of hydrogen-bond donors (Lipinski definition) is 1. The molecule has 340 valence electrons. The number of nitrogens with one attached hydrogen (secondary N) is 1. The fourth-order valence-electron chi connectivity index (χ4n) is 9.29. The van der Waals surface area contributed by atoms with Gasteiger partial charge >= 0.3 is 5.97 Å². The minimum Gasteiger partial charge on any atom is -0.472 e. The van der Waals surface area contributed by atoms with Crippen molar-refractivity contribution in [1.82, 2.24) is 14.6 Å². The molecule has 0 radical (unpaired) electrons. The first-order chi connectivity index (χ1) is 29.2. The van der Waals surface area contributed by atoms with Gasteiger partial charge in [0.2, 0.25) is 27.7 Å². The SMILES string of the molecule is C[C@@H]1CC/C=C\[C@@H]2C[C@@]2(C(=O)NS(=O)(=O)C2(CF)CC2)CC(=O)[C@@H]2C[C@@H](Oc3ncc(N4CCOCC4)c4ccccc34)CN2C(=O)[C@@H](CC(=O)OC(C)(C)C(C)(F)F)[C@H](C)C1. The van der Waals surface area contributed by atoms with E-state index in [4.69, 9.17) is 19.2 Å². The maximum Gasteiger partial charge on any atom is 0.307 e. The number of nitrogens with zero attached hydrogens (tertiary/aromatic N) is 3. The maximum atomic E-state index is 15.0. The Kier molecular flexibility index (Phi) is 12.8. The molecule has 1 N–H and O–H groups in total. The lowest BCUT2D eigenvalue weighted by molar-refractivity contribution is -0.197. The van der Waals surface area contributed by atoms with Gasteiger partial charge < -0.3 is 24.0 Å². The van der Waals surface area contributed by atoms with Crippen LogP contribution in [0.2, 0.25) is 0 Å². The van der Waals surface area contributed by atoms with Crippen molar-refractivity contribution in [2.75, 3.05) is 44.4 Å². The predicted molar refractivity (Wildman–Crippen MR) is 225 cm³/mol. The topological polar surface area (TPSA) is 162 Å². The summed E-state index contributed by atoms with van der Waals surface area (Å²) >= 11 is 0. The highest BCUT2D eigenvalue weighted by Crippen LogP contribution is 2.58. The minimum atomic E-state index is -4.40. The number of hydrogen-bond acceptors (Lipinski definition) is 11. The number of morpholine rings is 1. The van der Waals surface area contributed by atoms with Crippen LogP contribution in [0.1, 0.15) is 92.4 Å². The molecule has 1 aromatic heterocycles. The second-order valence-corrected chi connectivity index (χ2v) is 21.0. The van der Waals surface area contributed by atoms with Gasteiger partial charge in [0.15, 0.2) is 11.4 Å². The third kappa shape index (κ3) is 9.20. The molecule has 1 aromatic carbocycles. The molecule has 4 fully saturated rings. The van der Waals surface area contributed by atoms with Gasteiger partial charge in [0.05, 0.1) is 55.4 Å². The highest BCUT2D eigenvalue weighted by Gasteiger charge is 2.63. The molecule has 0 bridgehead atoms. The molecular weight excluding hydrogens is 830 g/mol. The molecular formula is C45H59F3N4O9S. The Bertz CT molecular complexity index is 2190. The number of anilines is 1. The second-order valence-electron chi connectivity index (χ2n) is 18.9. The van der Waals surface area contributed by atoms with Crippen LogP contribution in [0.5, 0.6) is 5.88 Å². The Balaban J connectivity index is 1.23. The number of aromatic nitrogens is 1. The molecule has 7 rings (SSSR count). The Hall–Kier alpha value is -4.25. The van der Waals surface area contributed by atoms with Gasteiger partial charge in [-0.25, -0.2) is 26.6 Å². The molecule has 2 saturated heterocycles. The molecule has 2 amide bonds. The third-order valence-corrected chi connectivity index (χ3v) is 16.1. The lowest BCUT2D eigenvalue weighted by Gasteiger charge is -2.34. The van der Waals surface area contributed by atoms with Crippen molar-refractivity contribution >= 4 is 50.1 Å². The number of ether oxygens (including phenoxy) is 3. The standard InChI is InChI=1S/C45H59F3N4O9S/c1-28-10-6-7-11-30-23-45(30,41(56)50-62(57,58)44(27-46)14-15-44)24-37(53)35-21-31(60-39-33-13-9-8-12-32(33)36(25-49-39)51-16-18-59-19-17-51)26-52(35)40(55)34(29(2)20-28)22-38(54)61-42(3,4)43(5,47)48/h7-9,11-13,25,28-31,34-35H,6,10,14-24,26-27H2,1-5H3,(H,50,56)/b11-7-/t28-,29-,30-,31-,34+,35+,45-/m1/s1.